The van der Waals surface area contributed by atoms with Crippen molar-refractivity contribution in [2.75, 3.05) is 28.7 Å². The van der Waals surface area contributed by atoms with Gasteiger partial charge in [-0.25, -0.2) is 4.39 Å². The van der Waals surface area contributed by atoms with Crippen molar-refractivity contribution in [2.24, 2.45) is 0 Å². The van der Waals surface area contributed by atoms with Gasteiger partial charge < -0.3 is 10.2 Å². The van der Waals surface area contributed by atoms with Gasteiger partial charge in [-0.05, 0) is 50.2 Å². The minimum Gasteiger partial charge on any atom is -0.365 e. The molecule has 2 aromatic rings. The second-order valence-corrected chi connectivity index (χ2v) is 6.59. The number of rotatable bonds is 3. The second-order valence-electron chi connectivity index (χ2n) is 6.59. The number of nitrogens with one attached hydrogen (secondary N) is 1. The molecule has 6 heteroatoms. The van der Waals surface area contributed by atoms with Crippen LogP contribution in [0.3, 0.4) is 0 Å². The lowest BCUT2D eigenvalue weighted by molar-refractivity contribution is -0.125. The van der Waals surface area contributed by atoms with Crippen LogP contribution in [0, 0.1) is 5.82 Å². The normalized spacial score (nSPS) is 15.4. The fourth-order valence-corrected chi connectivity index (χ4v) is 2.96. The van der Waals surface area contributed by atoms with Gasteiger partial charge in [0.2, 0.25) is 11.8 Å². The number of carbonyl (C=O) groups is 2. The largest absolute Gasteiger partial charge is 0.365 e. The van der Waals surface area contributed by atoms with Crippen LogP contribution in [0.15, 0.2) is 48.5 Å². The lowest BCUT2D eigenvalue weighted by Crippen LogP contribution is -2.60. The maximum absolute atomic E-state index is 13.1. The number of fused-ring (bicyclic) bond motifs is 1. The number of para-hydroxylation sites is 2. The molecule has 0 unspecified atom stereocenters. The first-order chi connectivity index (χ1) is 11.8. The van der Waals surface area contributed by atoms with Crippen molar-refractivity contribution in [2.45, 2.75) is 19.4 Å². The molecule has 5 nitrogen and oxygen atoms in total. The first-order valence-electron chi connectivity index (χ1n) is 8.01. The van der Waals surface area contributed by atoms with E-state index in [1.807, 2.05) is 18.2 Å². The summed E-state index contributed by atoms with van der Waals surface area (Å²) >= 11 is 0. The van der Waals surface area contributed by atoms with E-state index in [-0.39, 0.29) is 24.2 Å². The highest BCUT2D eigenvalue weighted by Gasteiger charge is 2.43. The van der Waals surface area contributed by atoms with E-state index in [1.165, 1.54) is 17.0 Å². The molecule has 1 aliphatic heterocycles. The topological polar surface area (TPSA) is 52.7 Å². The molecule has 0 saturated heterocycles. The molecule has 0 saturated carbocycles. The van der Waals surface area contributed by atoms with Gasteiger partial charge in [0.25, 0.3) is 0 Å². The predicted octanol–water partition coefficient (Wildman–Crippen LogP) is 3.03. The van der Waals surface area contributed by atoms with Crippen molar-refractivity contribution in [3.63, 3.8) is 0 Å². The summed E-state index contributed by atoms with van der Waals surface area (Å²) in [6, 6.07) is 13.2. The Balaban J connectivity index is 1.89. The molecule has 1 heterocycles. The number of likely N-dealkylation sites (N-methyl/N-ethyl adjacent to an activating group) is 1. The quantitative estimate of drug-likeness (QED) is 0.934. The Morgan fingerprint density at radius 1 is 1.16 bits per heavy atom. The number of halogens is 1. The van der Waals surface area contributed by atoms with Gasteiger partial charge in [0, 0.05) is 12.7 Å². The van der Waals surface area contributed by atoms with Crippen LogP contribution in [0.4, 0.5) is 21.5 Å². The zero-order chi connectivity index (χ0) is 18.2. The van der Waals surface area contributed by atoms with Gasteiger partial charge in [-0.15, -0.1) is 0 Å². The molecular weight excluding hydrogens is 321 g/mol. The number of anilines is 3. The SMILES string of the molecule is CN(CC(=O)N1c2ccccc2NC(=O)C1(C)C)c1ccc(F)cc1. The van der Waals surface area contributed by atoms with Gasteiger partial charge in [0.15, 0.2) is 0 Å². The number of amides is 2. The maximum atomic E-state index is 13.1. The van der Waals surface area contributed by atoms with Crippen LogP contribution in [-0.2, 0) is 9.59 Å². The lowest BCUT2D eigenvalue weighted by atomic mass is 9.96. The highest BCUT2D eigenvalue weighted by molar-refractivity contribution is 6.14. The van der Waals surface area contributed by atoms with E-state index >= 15 is 0 Å². The monoisotopic (exact) mass is 341 g/mol. The molecule has 0 fully saturated rings. The zero-order valence-corrected chi connectivity index (χ0v) is 14.4. The van der Waals surface area contributed by atoms with E-state index in [1.54, 1.807) is 44.0 Å². The molecule has 130 valence electrons. The smallest absolute Gasteiger partial charge is 0.250 e. The minimum absolute atomic E-state index is 0.0661. The van der Waals surface area contributed by atoms with Crippen LogP contribution >= 0.6 is 0 Å². The van der Waals surface area contributed by atoms with Crippen LogP contribution in [0.5, 0.6) is 0 Å². The Bertz CT molecular complexity index is 818. The molecule has 2 amide bonds. The minimum atomic E-state index is -1.00. The molecule has 0 bridgehead atoms. The molecule has 1 N–H and O–H groups in total. The van der Waals surface area contributed by atoms with Gasteiger partial charge >= 0.3 is 0 Å². The first kappa shape index (κ1) is 17.0. The first-order valence-corrected chi connectivity index (χ1v) is 8.01. The molecule has 3 rings (SSSR count). The number of benzene rings is 2. The van der Waals surface area contributed by atoms with Crippen molar-refractivity contribution in [3.05, 3.63) is 54.3 Å². The van der Waals surface area contributed by atoms with Crippen molar-refractivity contribution >= 4 is 28.9 Å². The Labute approximate surface area is 146 Å². The summed E-state index contributed by atoms with van der Waals surface area (Å²) in [5, 5.41) is 2.84. The average molecular weight is 341 g/mol. The van der Waals surface area contributed by atoms with E-state index in [9.17, 15) is 14.0 Å². The van der Waals surface area contributed by atoms with Gasteiger partial charge in [-0.2, -0.15) is 0 Å². The van der Waals surface area contributed by atoms with Crippen LogP contribution < -0.4 is 15.1 Å². The van der Waals surface area contributed by atoms with Crippen LogP contribution in [-0.4, -0.2) is 30.9 Å². The fourth-order valence-electron chi connectivity index (χ4n) is 2.96. The van der Waals surface area contributed by atoms with Gasteiger partial charge in [0.1, 0.15) is 11.4 Å². The number of carbonyl (C=O) groups excluding carboxylic acids is 2. The third kappa shape index (κ3) is 3.07. The van der Waals surface area contributed by atoms with E-state index in [2.05, 4.69) is 5.32 Å². The van der Waals surface area contributed by atoms with Crippen molar-refractivity contribution in [3.8, 4) is 0 Å². The van der Waals surface area contributed by atoms with Crippen molar-refractivity contribution in [1.82, 2.24) is 0 Å². The summed E-state index contributed by atoms with van der Waals surface area (Å²) in [4.78, 5) is 28.7. The van der Waals surface area contributed by atoms with Crippen LogP contribution in [0.2, 0.25) is 0 Å². The molecule has 0 radical (unpaired) electrons. The molecule has 0 spiro atoms. The molecule has 0 aromatic heterocycles. The molecule has 1 aliphatic rings. The Morgan fingerprint density at radius 2 is 1.80 bits per heavy atom. The predicted molar refractivity (Wildman–Crippen MR) is 96.3 cm³/mol. The Hall–Kier alpha value is -2.89. The zero-order valence-electron chi connectivity index (χ0n) is 14.4. The highest BCUT2D eigenvalue weighted by Crippen LogP contribution is 2.36. The Kier molecular flexibility index (Phi) is 4.20. The summed E-state index contributed by atoms with van der Waals surface area (Å²) in [6.07, 6.45) is 0. The van der Waals surface area contributed by atoms with Crippen molar-refractivity contribution < 1.29 is 14.0 Å². The van der Waals surface area contributed by atoms with E-state index in [0.717, 1.165) is 5.69 Å². The summed E-state index contributed by atoms with van der Waals surface area (Å²) in [7, 11) is 1.76. The summed E-state index contributed by atoms with van der Waals surface area (Å²) in [5.41, 5.74) is 1.01. The van der Waals surface area contributed by atoms with Crippen molar-refractivity contribution in [1.29, 1.82) is 0 Å². The molecular formula is C19H20FN3O2. The number of hydrogen-bond donors (Lipinski definition) is 1. The fraction of sp³-hybridized carbons (Fsp3) is 0.263. The van der Waals surface area contributed by atoms with E-state index in [0.29, 0.717) is 11.4 Å². The van der Waals surface area contributed by atoms with E-state index in [4.69, 9.17) is 0 Å². The van der Waals surface area contributed by atoms with Gasteiger partial charge in [-0.3, -0.25) is 14.5 Å². The van der Waals surface area contributed by atoms with E-state index < -0.39 is 5.54 Å². The lowest BCUT2D eigenvalue weighted by Gasteiger charge is -2.42. The summed E-state index contributed by atoms with van der Waals surface area (Å²) in [6.45, 7) is 3.50. The maximum Gasteiger partial charge on any atom is 0.250 e. The molecule has 25 heavy (non-hydrogen) atoms. The number of hydrogen-bond acceptors (Lipinski definition) is 3. The van der Waals surface area contributed by atoms with Gasteiger partial charge in [0.05, 0.1) is 17.9 Å². The second kappa shape index (κ2) is 6.20. The third-order valence-electron chi connectivity index (χ3n) is 4.40. The molecule has 0 atom stereocenters. The van der Waals surface area contributed by atoms with Gasteiger partial charge in [-0.1, -0.05) is 12.1 Å². The third-order valence-corrected chi connectivity index (χ3v) is 4.40. The average Bonchev–Trinajstić information content (AvgIpc) is 2.56. The standard InChI is InChI=1S/C19H20FN3O2/c1-19(2)18(25)21-15-6-4-5-7-16(15)23(19)17(24)12-22(3)14-10-8-13(20)9-11-14/h4-11H,12H2,1-3H3,(H,21,25). The molecule has 0 aliphatic carbocycles. The van der Waals surface area contributed by atoms with Crippen LogP contribution in [0.25, 0.3) is 0 Å². The van der Waals surface area contributed by atoms with Crippen LogP contribution in [0.1, 0.15) is 13.8 Å². The summed E-state index contributed by atoms with van der Waals surface area (Å²) in [5.74, 6) is -0.769. The molecule has 2 aromatic carbocycles. The highest BCUT2D eigenvalue weighted by atomic mass is 19.1. The Morgan fingerprint density at radius 3 is 2.48 bits per heavy atom. The summed E-state index contributed by atoms with van der Waals surface area (Å²) < 4.78 is 13.1. The number of nitrogens with zero attached hydrogens (tertiary/aromatic N) is 2.